The van der Waals surface area contributed by atoms with Gasteiger partial charge in [-0.3, -0.25) is 0 Å². The molecule has 0 saturated carbocycles. The first-order chi connectivity index (χ1) is 12.7. The molecule has 0 spiro atoms. The van der Waals surface area contributed by atoms with Gasteiger partial charge < -0.3 is 14.8 Å². The van der Waals surface area contributed by atoms with E-state index in [-0.39, 0.29) is 22.9 Å². The van der Waals surface area contributed by atoms with Crippen molar-refractivity contribution in [2.24, 2.45) is 0 Å². The molecule has 1 atom stereocenters. The van der Waals surface area contributed by atoms with Gasteiger partial charge in [0.15, 0.2) is 0 Å². The SMILES string of the molecule is COC(=O)C1=C(CF)NC(C)=C(C(=O)OC(C)C)C1c1c(C)cccc1Cl. The maximum absolute atomic E-state index is 13.7. The van der Waals surface area contributed by atoms with Crippen molar-refractivity contribution in [3.8, 4) is 0 Å². The Kier molecular flexibility index (Phi) is 6.65. The standard InChI is InChI=1S/C20H23ClFNO4/c1-10(2)27-20(25)16-12(4)23-14(9-22)17(19(24)26-5)18(16)15-11(3)7-6-8-13(15)21/h6-8,10,18,23H,9H2,1-5H3. The Hall–Kier alpha value is -2.34. The molecule has 1 unspecified atom stereocenters. The Morgan fingerprint density at radius 3 is 2.41 bits per heavy atom. The first-order valence-corrected chi connectivity index (χ1v) is 8.91. The van der Waals surface area contributed by atoms with E-state index in [9.17, 15) is 14.0 Å². The molecule has 0 aliphatic carbocycles. The average molecular weight is 396 g/mol. The third-order valence-electron chi connectivity index (χ3n) is 4.31. The number of rotatable bonds is 5. The number of esters is 2. The second-order valence-electron chi connectivity index (χ2n) is 6.54. The van der Waals surface area contributed by atoms with Crippen molar-refractivity contribution in [1.82, 2.24) is 5.32 Å². The van der Waals surface area contributed by atoms with Crippen molar-refractivity contribution in [3.63, 3.8) is 0 Å². The number of carbonyl (C=O) groups is 2. The summed E-state index contributed by atoms with van der Waals surface area (Å²) in [5.41, 5.74) is 1.98. The van der Waals surface area contributed by atoms with E-state index in [0.717, 1.165) is 5.56 Å². The smallest absolute Gasteiger partial charge is 0.337 e. The minimum atomic E-state index is -0.922. The summed E-state index contributed by atoms with van der Waals surface area (Å²) in [4.78, 5) is 25.4. The molecule has 1 N–H and O–H groups in total. The minimum Gasteiger partial charge on any atom is -0.466 e. The van der Waals surface area contributed by atoms with Crippen molar-refractivity contribution in [2.75, 3.05) is 13.8 Å². The quantitative estimate of drug-likeness (QED) is 0.764. The van der Waals surface area contributed by atoms with Crippen LogP contribution in [0.3, 0.4) is 0 Å². The topological polar surface area (TPSA) is 64.6 Å². The van der Waals surface area contributed by atoms with Gasteiger partial charge in [-0.15, -0.1) is 0 Å². The molecule has 2 rings (SSSR count). The number of allylic oxidation sites excluding steroid dienone is 2. The number of hydrogen-bond donors (Lipinski definition) is 1. The average Bonchev–Trinajstić information content (AvgIpc) is 2.59. The summed E-state index contributed by atoms with van der Waals surface area (Å²) in [7, 11) is 1.21. The summed E-state index contributed by atoms with van der Waals surface area (Å²) in [6.45, 7) is 5.98. The van der Waals surface area contributed by atoms with Gasteiger partial charge in [-0.25, -0.2) is 14.0 Å². The molecule has 27 heavy (non-hydrogen) atoms. The Morgan fingerprint density at radius 1 is 1.22 bits per heavy atom. The van der Waals surface area contributed by atoms with E-state index in [2.05, 4.69) is 5.32 Å². The van der Waals surface area contributed by atoms with Crippen LogP contribution in [0.15, 0.2) is 40.7 Å². The molecule has 0 saturated heterocycles. The maximum atomic E-state index is 13.7. The zero-order valence-corrected chi connectivity index (χ0v) is 16.7. The first kappa shape index (κ1) is 21.0. The van der Waals surface area contributed by atoms with Gasteiger partial charge in [-0.2, -0.15) is 0 Å². The highest BCUT2D eigenvalue weighted by molar-refractivity contribution is 6.31. The fourth-order valence-corrected chi connectivity index (χ4v) is 3.53. The zero-order valence-electron chi connectivity index (χ0n) is 16.0. The van der Waals surface area contributed by atoms with Gasteiger partial charge in [-0.05, 0) is 44.9 Å². The Labute approximate surface area is 163 Å². The summed E-state index contributed by atoms with van der Waals surface area (Å²) in [6.07, 6.45) is -0.362. The van der Waals surface area contributed by atoms with E-state index in [0.29, 0.717) is 16.3 Å². The number of hydrogen-bond acceptors (Lipinski definition) is 5. The molecule has 0 aromatic heterocycles. The van der Waals surface area contributed by atoms with Crippen molar-refractivity contribution in [2.45, 2.75) is 39.7 Å². The number of ether oxygens (including phenoxy) is 2. The van der Waals surface area contributed by atoms with Gasteiger partial charge in [0.25, 0.3) is 0 Å². The lowest BCUT2D eigenvalue weighted by molar-refractivity contribution is -0.143. The van der Waals surface area contributed by atoms with Crippen LogP contribution in [0.1, 0.15) is 37.8 Å². The highest BCUT2D eigenvalue weighted by Crippen LogP contribution is 2.43. The highest BCUT2D eigenvalue weighted by atomic mass is 35.5. The lowest BCUT2D eigenvalue weighted by atomic mass is 9.78. The molecule has 0 bridgehead atoms. The van der Waals surface area contributed by atoms with Crippen LogP contribution in [0.5, 0.6) is 0 Å². The molecule has 5 nitrogen and oxygen atoms in total. The Morgan fingerprint density at radius 2 is 1.89 bits per heavy atom. The van der Waals surface area contributed by atoms with Crippen LogP contribution in [0.25, 0.3) is 0 Å². The van der Waals surface area contributed by atoms with Gasteiger partial charge in [0.1, 0.15) is 6.67 Å². The predicted octanol–water partition coefficient (Wildman–Crippen LogP) is 3.96. The fourth-order valence-electron chi connectivity index (χ4n) is 3.20. The Balaban J connectivity index is 2.79. The highest BCUT2D eigenvalue weighted by Gasteiger charge is 2.40. The van der Waals surface area contributed by atoms with Crippen molar-refractivity contribution < 1.29 is 23.5 Å². The molecule has 1 heterocycles. The second-order valence-corrected chi connectivity index (χ2v) is 6.95. The van der Waals surface area contributed by atoms with Gasteiger partial charge >= 0.3 is 11.9 Å². The first-order valence-electron chi connectivity index (χ1n) is 8.53. The number of nitrogens with one attached hydrogen (secondary N) is 1. The second kappa shape index (κ2) is 8.57. The number of alkyl halides is 1. The molecule has 0 radical (unpaired) electrons. The fraction of sp³-hybridized carbons (Fsp3) is 0.400. The van der Waals surface area contributed by atoms with E-state index in [1.165, 1.54) is 7.11 Å². The van der Waals surface area contributed by atoms with Crippen molar-refractivity contribution in [1.29, 1.82) is 0 Å². The lowest BCUT2D eigenvalue weighted by Crippen LogP contribution is -2.34. The molecule has 7 heteroatoms. The molecular formula is C20H23ClFNO4. The van der Waals surface area contributed by atoms with Crippen LogP contribution in [-0.2, 0) is 19.1 Å². The van der Waals surface area contributed by atoms with E-state index in [1.807, 2.05) is 13.0 Å². The number of dihydropyridines is 1. The number of aryl methyl sites for hydroxylation is 1. The molecule has 1 aromatic rings. The number of benzene rings is 1. The summed E-state index contributed by atoms with van der Waals surface area (Å²) in [5.74, 6) is -2.23. The summed E-state index contributed by atoms with van der Waals surface area (Å²) in [5, 5.41) is 3.18. The maximum Gasteiger partial charge on any atom is 0.337 e. The van der Waals surface area contributed by atoms with E-state index >= 15 is 0 Å². The zero-order chi connectivity index (χ0) is 20.3. The monoisotopic (exact) mass is 395 g/mol. The summed E-state index contributed by atoms with van der Waals surface area (Å²) < 4.78 is 24.0. The minimum absolute atomic E-state index is 0.0116. The third kappa shape index (κ3) is 4.16. The Bertz CT molecular complexity index is 809. The molecule has 1 aliphatic rings. The predicted molar refractivity (Wildman–Crippen MR) is 101 cm³/mol. The molecule has 1 aromatic carbocycles. The van der Waals surface area contributed by atoms with Crippen LogP contribution >= 0.6 is 11.6 Å². The molecular weight excluding hydrogens is 373 g/mol. The summed E-state index contributed by atoms with van der Waals surface area (Å²) in [6, 6.07) is 5.24. The largest absolute Gasteiger partial charge is 0.466 e. The molecule has 1 aliphatic heterocycles. The normalized spacial score (nSPS) is 17.1. The third-order valence-corrected chi connectivity index (χ3v) is 4.64. The number of halogens is 2. The van der Waals surface area contributed by atoms with Crippen LogP contribution in [0, 0.1) is 6.92 Å². The van der Waals surface area contributed by atoms with Crippen LogP contribution < -0.4 is 5.32 Å². The number of carbonyl (C=O) groups excluding carboxylic acids is 2. The van der Waals surface area contributed by atoms with E-state index in [4.69, 9.17) is 21.1 Å². The molecule has 0 fully saturated rings. The summed E-state index contributed by atoms with van der Waals surface area (Å²) >= 11 is 6.43. The van der Waals surface area contributed by atoms with Gasteiger partial charge in [-0.1, -0.05) is 23.7 Å². The van der Waals surface area contributed by atoms with Gasteiger partial charge in [0, 0.05) is 10.7 Å². The van der Waals surface area contributed by atoms with Gasteiger partial charge in [0.05, 0.1) is 36.0 Å². The van der Waals surface area contributed by atoms with Gasteiger partial charge in [0.2, 0.25) is 0 Å². The van der Waals surface area contributed by atoms with Crippen LogP contribution in [0.2, 0.25) is 5.02 Å². The molecule has 146 valence electrons. The van der Waals surface area contributed by atoms with Crippen molar-refractivity contribution in [3.05, 3.63) is 56.9 Å². The van der Waals surface area contributed by atoms with Crippen molar-refractivity contribution >= 4 is 23.5 Å². The lowest BCUT2D eigenvalue weighted by Gasteiger charge is -2.32. The van der Waals surface area contributed by atoms with E-state index < -0.39 is 24.5 Å². The van der Waals surface area contributed by atoms with Crippen LogP contribution in [-0.4, -0.2) is 31.8 Å². The van der Waals surface area contributed by atoms with Crippen LogP contribution in [0.4, 0.5) is 4.39 Å². The van der Waals surface area contributed by atoms with E-state index in [1.54, 1.807) is 32.9 Å². The molecule has 0 amide bonds. The number of methoxy groups -OCH3 is 1.